The summed E-state index contributed by atoms with van der Waals surface area (Å²) in [5, 5.41) is 5.37. The summed E-state index contributed by atoms with van der Waals surface area (Å²) in [5.41, 5.74) is 0.984. The first-order valence-corrected chi connectivity index (χ1v) is 8.72. The van der Waals surface area contributed by atoms with Crippen LogP contribution in [0.25, 0.3) is 0 Å². The van der Waals surface area contributed by atoms with Crippen LogP contribution in [0, 0.1) is 0 Å². The molecule has 0 spiro atoms. The van der Waals surface area contributed by atoms with Crippen molar-refractivity contribution in [1.29, 1.82) is 0 Å². The molecule has 2 atom stereocenters. The Bertz CT molecular complexity index is 495. The van der Waals surface area contributed by atoms with Crippen LogP contribution in [0.1, 0.15) is 47.9 Å². The number of halogens is 1. The Morgan fingerprint density at radius 1 is 1.42 bits per heavy atom. The van der Waals surface area contributed by atoms with Crippen molar-refractivity contribution in [3.05, 3.63) is 38.5 Å². The van der Waals surface area contributed by atoms with Gasteiger partial charge in [-0.05, 0) is 31.8 Å². The van der Waals surface area contributed by atoms with Crippen LogP contribution in [-0.4, -0.2) is 16.9 Å². The van der Waals surface area contributed by atoms with Gasteiger partial charge in [0.25, 0.3) is 0 Å². The summed E-state index contributed by atoms with van der Waals surface area (Å²) in [6, 6.07) is 5.08. The number of alkyl halides is 1. The van der Waals surface area contributed by atoms with Gasteiger partial charge in [-0.25, -0.2) is 4.98 Å². The van der Waals surface area contributed by atoms with E-state index in [1.54, 1.807) is 11.3 Å². The van der Waals surface area contributed by atoms with Gasteiger partial charge in [0.05, 0.1) is 17.6 Å². The molecular formula is C14H19ClN2S2. The third-order valence-corrected chi connectivity index (χ3v) is 5.75. The second-order valence-corrected chi connectivity index (χ2v) is 6.73. The molecule has 2 heterocycles. The maximum atomic E-state index is 5.84. The molecule has 5 heteroatoms. The van der Waals surface area contributed by atoms with E-state index in [9.17, 15) is 0 Å². The lowest BCUT2D eigenvalue weighted by atomic mass is 10.1. The first kappa shape index (κ1) is 15.0. The minimum absolute atomic E-state index is 0.360. The van der Waals surface area contributed by atoms with Gasteiger partial charge >= 0.3 is 0 Å². The molecule has 0 saturated heterocycles. The fraction of sp³-hybridized carbons (Fsp3) is 0.500. The van der Waals surface area contributed by atoms with E-state index in [2.05, 4.69) is 53.7 Å². The van der Waals surface area contributed by atoms with Crippen molar-refractivity contribution < 1.29 is 0 Å². The zero-order valence-corrected chi connectivity index (χ0v) is 13.9. The Hall–Kier alpha value is -0.420. The molecule has 0 aliphatic heterocycles. The van der Waals surface area contributed by atoms with Gasteiger partial charge in [-0.15, -0.1) is 34.3 Å². The van der Waals surface area contributed by atoms with Crippen LogP contribution in [0.5, 0.6) is 0 Å². The lowest BCUT2D eigenvalue weighted by molar-refractivity contribution is 0.183. The summed E-state index contributed by atoms with van der Waals surface area (Å²) in [5.74, 6) is 0.497. The summed E-state index contributed by atoms with van der Waals surface area (Å²) in [7, 11) is 2.18. The molecule has 0 aliphatic carbocycles. The zero-order chi connectivity index (χ0) is 13.8. The van der Waals surface area contributed by atoms with Gasteiger partial charge in [0.15, 0.2) is 0 Å². The van der Waals surface area contributed by atoms with Gasteiger partial charge in [0.1, 0.15) is 5.01 Å². The van der Waals surface area contributed by atoms with E-state index in [4.69, 9.17) is 11.6 Å². The fourth-order valence-corrected chi connectivity index (χ4v) is 4.29. The highest BCUT2D eigenvalue weighted by Crippen LogP contribution is 2.34. The smallest absolute Gasteiger partial charge is 0.110 e. The number of thiophene rings is 1. The third-order valence-electron chi connectivity index (χ3n) is 3.44. The van der Waals surface area contributed by atoms with Gasteiger partial charge in [-0.3, -0.25) is 4.90 Å². The number of hydrogen-bond acceptors (Lipinski definition) is 4. The van der Waals surface area contributed by atoms with E-state index in [1.165, 1.54) is 9.88 Å². The van der Waals surface area contributed by atoms with Crippen LogP contribution in [0.2, 0.25) is 0 Å². The summed E-state index contributed by atoms with van der Waals surface area (Å²) >= 11 is 9.37. The molecule has 0 fully saturated rings. The topological polar surface area (TPSA) is 16.1 Å². The molecule has 104 valence electrons. The third kappa shape index (κ3) is 3.37. The monoisotopic (exact) mass is 314 g/mol. The Kier molecular flexibility index (Phi) is 5.39. The Labute approximate surface area is 128 Å². The van der Waals surface area contributed by atoms with E-state index in [0.717, 1.165) is 12.1 Å². The lowest BCUT2D eigenvalue weighted by Crippen LogP contribution is -2.26. The second kappa shape index (κ2) is 6.84. The maximum absolute atomic E-state index is 5.84. The number of nitrogens with zero attached hydrogens (tertiary/aromatic N) is 2. The van der Waals surface area contributed by atoms with E-state index in [0.29, 0.717) is 18.0 Å². The highest BCUT2D eigenvalue weighted by atomic mass is 35.5. The zero-order valence-electron chi connectivity index (χ0n) is 11.5. The van der Waals surface area contributed by atoms with Crippen LogP contribution in [0.15, 0.2) is 22.9 Å². The van der Waals surface area contributed by atoms with Crippen molar-refractivity contribution in [3.8, 4) is 0 Å². The molecular weight excluding hydrogens is 296 g/mol. The van der Waals surface area contributed by atoms with Crippen molar-refractivity contribution in [2.75, 3.05) is 7.05 Å². The second-order valence-electron chi connectivity index (χ2n) is 4.59. The van der Waals surface area contributed by atoms with Crippen molar-refractivity contribution >= 4 is 34.3 Å². The number of thiazole rings is 1. The van der Waals surface area contributed by atoms with E-state index in [1.807, 2.05) is 11.3 Å². The number of hydrogen-bond donors (Lipinski definition) is 0. The molecule has 2 aromatic rings. The molecule has 0 aliphatic rings. The first-order chi connectivity index (χ1) is 9.17. The van der Waals surface area contributed by atoms with Crippen molar-refractivity contribution in [2.45, 2.75) is 38.2 Å². The van der Waals surface area contributed by atoms with Gasteiger partial charge in [0, 0.05) is 16.3 Å². The Morgan fingerprint density at radius 3 is 2.74 bits per heavy atom. The van der Waals surface area contributed by atoms with Crippen LogP contribution in [0.3, 0.4) is 0 Å². The normalized spacial score (nSPS) is 14.8. The summed E-state index contributed by atoms with van der Waals surface area (Å²) in [6.07, 6.45) is 1.06. The molecule has 2 rings (SSSR count). The van der Waals surface area contributed by atoms with Crippen molar-refractivity contribution in [2.24, 2.45) is 0 Å². The molecule has 0 bridgehead atoms. The van der Waals surface area contributed by atoms with E-state index < -0.39 is 0 Å². The quantitative estimate of drug-likeness (QED) is 0.691. The van der Waals surface area contributed by atoms with Gasteiger partial charge in [-0.2, -0.15) is 0 Å². The van der Waals surface area contributed by atoms with Crippen molar-refractivity contribution in [1.82, 2.24) is 9.88 Å². The molecule has 0 saturated carbocycles. The summed E-state index contributed by atoms with van der Waals surface area (Å²) in [6.45, 7) is 4.47. The minimum Gasteiger partial charge on any atom is -0.289 e. The van der Waals surface area contributed by atoms with Crippen molar-refractivity contribution in [3.63, 3.8) is 0 Å². The van der Waals surface area contributed by atoms with E-state index >= 15 is 0 Å². The average Bonchev–Trinajstić information content (AvgIpc) is 3.09. The van der Waals surface area contributed by atoms with Crippen LogP contribution in [-0.2, 0) is 5.88 Å². The van der Waals surface area contributed by atoms with Gasteiger partial charge < -0.3 is 0 Å². The molecule has 0 N–H and O–H groups in total. The van der Waals surface area contributed by atoms with Gasteiger partial charge in [-0.1, -0.05) is 13.0 Å². The molecule has 2 aromatic heterocycles. The number of rotatable bonds is 6. The summed E-state index contributed by atoms with van der Waals surface area (Å²) < 4.78 is 0. The highest BCUT2D eigenvalue weighted by molar-refractivity contribution is 7.10. The van der Waals surface area contributed by atoms with Crippen LogP contribution >= 0.6 is 34.3 Å². The SMILES string of the molecule is CCC(c1nc(CCl)cs1)N(C)C(C)c1cccs1. The first-order valence-electron chi connectivity index (χ1n) is 6.43. The predicted octanol–water partition coefficient (Wildman–Crippen LogP) is 5.09. The maximum Gasteiger partial charge on any atom is 0.110 e. The van der Waals surface area contributed by atoms with E-state index in [-0.39, 0.29) is 0 Å². The van der Waals surface area contributed by atoms with Gasteiger partial charge in [0.2, 0.25) is 0 Å². The molecule has 0 radical (unpaired) electrons. The molecule has 0 amide bonds. The fourth-order valence-electron chi connectivity index (χ4n) is 2.17. The lowest BCUT2D eigenvalue weighted by Gasteiger charge is -2.30. The standard InChI is InChI=1S/C14H19ClN2S2/c1-4-12(14-16-11(8-15)9-19-14)17(3)10(2)13-6-5-7-18-13/h5-7,9-10,12H,4,8H2,1-3H3. The Morgan fingerprint density at radius 2 is 2.21 bits per heavy atom. The average molecular weight is 315 g/mol. The molecule has 2 unspecified atom stereocenters. The minimum atomic E-state index is 0.360. The Balaban J connectivity index is 2.16. The largest absolute Gasteiger partial charge is 0.289 e. The summed E-state index contributed by atoms with van der Waals surface area (Å²) in [4.78, 5) is 8.44. The molecule has 19 heavy (non-hydrogen) atoms. The molecule has 2 nitrogen and oxygen atoms in total. The van der Waals surface area contributed by atoms with Crippen LogP contribution < -0.4 is 0 Å². The highest BCUT2D eigenvalue weighted by Gasteiger charge is 2.24. The predicted molar refractivity (Wildman–Crippen MR) is 85.2 cm³/mol. The van der Waals surface area contributed by atoms with Crippen LogP contribution in [0.4, 0.5) is 0 Å². The molecule has 0 aromatic carbocycles. The number of aromatic nitrogens is 1.